The molecule has 2 rings (SSSR count). The Kier molecular flexibility index (Phi) is 6.06. The standard InChI is InChI=1S/C15H14Cl3NS/c1-19-15(13-8-11(17)5-6-14(13)18)9-20-12-4-2-3-10(16)7-12/h2-8,15,19H,9H2,1H3. The van der Waals surface area contributed by atoms with Gasteiger partial charge in [0.1, 0.15) is 0 Å². The van der Waals surface area contributed by atoms with Crippen molar-refractivity contribution in [3.05, 3.63) is 63.1 Å². The maximum atomic E-state index is 6.25. The van der Waals surface area contributed by atoms with Gasteiger partial charge in [-0.25, -0.2) is 0 Å². The summed E-state index contributed by atoms with van der Waals surface area (Å²) >= 11 is 20.0. The summed E-state index contributed by atoms with van der Waals surface area (Å²) in [4.78, 5) is 1.14. The Bertz CT molecular complexity index is 589. The minimum absolute atomic E-state index is 0.130. The Hall–Kier alpha value is -0.380. The molecule has 0 heterocycles. The molecule has 5 heteroatoms. The molecule has 1 unspecified atom stereocenters. The highest BCUT2D eigenvalue weighted by molar-refractivity contribution is 7.99. The highest BCUT2D eigenvalue weighted by Gasteiger charge is 2.14. The third-order valence-corrected chi connectivity index (χ3v) is 4.80. The van der Waals surface area contributed by atoms with E-state index in [0.29, 0.717) is 5.02 Å². The zero-order valence-corrected chi connectivity index (χ0v) is 14.0. The van der Waals surface area contributed by atoms with Crippen LogP contribution in [-0.4, -0.2) is 12.8 Å². The lowest BCUT2D eigenvalue weighted by atomic mass is 10.1. The fraction of sp³-hybridized carbons (Fsp3) is 0.200. The van der Waals surface area contributed by atoms with Crippen LogP contribution in [0.15, 0.2) is 47.4 Å². The van der Waals surface area contributed by atoms with E-state index >= 15 is 0 Å². The third-order valence-electron chi connectivity index (χ3n) is 2.89. The molecule has 0 bridgehead atoms. The average molecular weight is 347 g/mol. The van der Waals surface area contributed by atoms with Crippen molar-refractivity contribution in [2.45, 2.75) is 10.9 Å². The molecule has 2 aromatic rings. The van der Waals surface area contributed by atoms with E-state index in [1.165, 1.54) is 0 Å². The molecule has 2 aromatic carbocycles. The number of hydrogen-bond acceptors (Lipinski definition) is 2. The Morgan fingerprint density at radius 2 is 1.80 bits per heavy atom. The molecule has 0 spiro atoms. The summed E-state index contributed by atoms with van der Waals surface area (Å²) in [7, 11) is 1.92. The van der Waals surface area contributed by atoms with Crippen molar-refractivity contribution in [3.63, 3.8) is 0 Å². The van der Waals surface area contributed by atoms with Gasteiger partial charge < -0.3 is 5.32 Å². The van der Waals surface area contributed by atoms with Crippen molar-refractivity contribution < 1.29 is 0 Å². The van der Waals surface area contributed by atoms with E-state index in [2.05, 4.69) is 5.32 Å². The molecule has 0 aliphatic rings. The van der Waals surface area contributed by atoms with Crippen LogP contribution >= 0.6 is 46.6 Å². The molecule has 20 heavy (non-hydrogen) atoms. The van der Waals surface area contributed by atoms with Crippen LogP contribution in [0, 0.1) is 0 Å². The topological polar surface area (TPSA) is 12.0 Å². The molecule has 0 saturated carbocycles. The van der Waals surface area contributed by atoms with E-state index in [0.717, 1.165) is 26.3 Å². The van der Waals surface area contributed by atoms with Crippen LogP contribution in [0.3, 0.4) is 0 Å². The van der Waals surface area contributed by atoms with Crippen LogP contribution in [0.1, 0.15) is 11.6 Å². The summed E-state index contributed by atoms with van der Waals surface area (Å²) in [5.74, 6) is 0.844. The maximum Gasteiger partial charge on any atom is 0.0455 e. The maximum absolute atomic E-state index is 6.25. The lowest BCUT2D eigenvalue weighted by Crippen LogP contribution is -2.19. The summed E-state index contributed by atoms with van der Waals surface area (Å²) in [5.41, 5.74) is 1.01. The first-order chi connectivity index (χ1) is 9.60. The zero-order chi connectivity index (χ0) is 14.5. The second kappa shape index (κ2) is 7.58. The molecule has 1 nitrogen and oxygen atoms in total. The second-order valence-corrected chi connectivity index (χ2v) is 6.65. The highest BCUT2D eigenvalue weighted by atomic mass is 35.5. The first-order valence-electron chi connectivity index (χ1n) is 6.10. The SMILES string of the molecule is CNC(CSc1cccc(Cl)c1)c1cc(Cl)ccc1Cl. The van der Waals surface area contributed by atoms with E-state index in [4.69, 9.17) is 34.8 Å². The van der Waals surface area contributed by atoms with Crippen molar-refractivity contribution in [2.24, 2.45) is 0 Å². The molecule has 0 amide bonds. The molecule has 0 fully saturated rings. The lowest BCUT2D eigenvalue weighted by Gasteiger charge is -2.18. The third kappa shape index (κ3) is 4.31. The van der Waals surface area contributed by atoms with Crippen LogP contribution in [-0.2, 0) is 0 Å². The van der Waals surface area contributed by atoms with E-state index in [-0.39, 0.29) is 6.04 Å². The molecule has 1 N–H and O–H groups in total. The highest BCUT2D eigenvalue weighted by Crippen LogP contribution is 2.31. The Morgan fingerprint density at radius 3 is 2.50 bits per heavy atom. The molecule has 106 valence electrons. The van der Waals surface area contributed by atoms with Crippen LogP contribution in [0.25, 0.3) is 0 Å². The molecule has 0 aromatic heterocycles. The largest absolute Gasteiger partial charge is 0.312 e. The van der Waals surface area contributed by atoms with Gasteiger partial charge >= 0.3 is 0 Å². The van der Waals surface area contributed by atoms with Gasteiger partial charge in [0, 0.05) is 31.8 Å². The van der Waals surface area contributed by atoms with Crippen LogP contribution in [0.2, 0.25) is 15.1 Å². The number of nitrogens with one attached hydrogen (secondary N) is 1. The first kappa shape index (κ1) is 16.0. The summed E-state index contributed by atoms with van der Waals surface area (Å²) in [6.07, 6.45) is 0. The summed E-state index contributed by atoms with van der Waals surface area (Å²) in [6.45, 7) is 0. The molecule has 1 atom stereocenters. The summed E-state index contributed by atoms with van der Waals surface area (Å²) < 4.78 is 0. The van der Waals surface area contributed by atoms with Crippen LogP contribution < -0.4 is 5.32 Å². The van der Waals surface area contributed by atoms with E-state index < -0.39 is 0 Å². The molecule has 0 aliphatic heterocycles. The second-order valence-electron chi connectivity index (χ2n) is 4.28. The quantitative estimate of drug-likeness (QED) is 0.697. The molecule has 0 radical (unpaired) electrons. The molecule has 0 aliphatic carbocycles. The van der Waals surface area contributed by atoms with Crippen LogP contribution in [0.5, 0.6) is 0 Å². The Morgan fingerprint density at radius 1 is 1.05 bits per heavy atom. The van der Waals surface area contributed by atoms with Gasteiger partial charge in [0.05, 0.1) is 0 Å². The van der Waals surface area contributed by atoms with Crippen LogP contribution in [0.4, 0.5) is 0 Å². The van der Waals surface area contributed by atoms with Gasteiger partial charge in [0.25, 0.3) is 0 Å². The molecular weight excluding hydrogens is 333 g/mol. The summed E-state index contributed by atoms with van der Waals surface area (Å²) in [5, 5.41) is 5.44. The number of thioether (sulfide) groups is 1. The van der Waals surface area contributed by atoms with Gasteiger partial charge in [0.15, 0.2) is 0 Å². The zero-order valence-electron chi connectivity index (χ0n) is 10.9. The molecule has 0 saturated heterocycles. The summed E-state index contributed by atoms with van der Waals surface area (Å²) in [6, 6.07) is 13.5. The number of halogens is 3. The van der Waals surface area contributed by atoms with Gasteiger partial charge in [-0.2, -0.15) is 0 Å². The lowest BCUT2D eigenvalue weighted by molar-refractivity contribution is 0.662. The molecular formula is C15H14Cl3NS. The van der Waals surface area contributed by atoms with Gasteiger partial charge in [-0.05, 0) is 49.0 Å². The van der Waals surface area contributed by atoms with Crippen molar-refractivity contribution >= 4 is 46.6 Å². The van der Waals surface area contributed by atoms with E-state index in [1.807, 2.05) is 43.4 Å². The van der Waals surface area contributed by atoms with E-state index in [9.17, 15) is 0 Å². The van der Waals surface area contributed by atoms with E-state index in [1.54, 1.807) is 17.8 Å². The van der Waals surface area contributed by atoms with Crippen molar-refractivity contribution in [2.75, 3.05) is 12.8 Å². The van der Waals surface area contributed by atoms with Gasteiger partial charge in [0.2, 0.25) is 0 Å². The Balaban J connectivity index is 2.11. The Labute approximate surface area is 138 Å². The van der Waals surface area contributed by atoms with Crippen molar-refractivity contribution in [1.82, 2.24) is 5.32 Å². The fourth-order valence-corrected chi connectivity index (χ4v) is 3.62. The van der Waals surface area contributed by atoms with Gasteiger partial charge in [-0.1, -0.05) is 40.9 Å². The predicted octanol–water partition coefficient (Wildman–Crippen LogP) is 5.70. The van der Waals surface area contributed by atoms with Crippen molar-refractivity contribution in [3.8, 4) is 0 Å². The van der Waals surface area contributed by atoms with Crippen molar-refractivity contribution in [1.29, 1.82) is 0 Å². The number of benzene rings is 2. The van der Waals surface area contributed by atoms with Gasteiger partial charge in [-0.3, -0.25) is 0 Å². The smallest absolute Gasteiger partial charge is 0.0455 e. The van der Waals surface area contributed by atoms with Gasteiger partial charge in [-0.15, -0.1) is 11.8 Å². The predicted molar refractivity (Wildman–Crippen MR) is 90.4 cm³/mol. The minimum atomic E-state index is 0.130. The first-order valence-corrected chi connectivity index (χ1v) is 8.22. The normalized spacial score (nSPS) is 12.4. The average Bonchev–Trinajstić information content (AvgIpc) is 2.43. The number of hydrogen-bond donors (Lipinski definition) is 1. The minimum Gasteiger partial charge on any atom is -0.312 e. The fourth-order valence-electron chi connectivity index (χ4n) is 1.85. The monoisotopic (exact) mass is 345 g/mol. The number of rotatable bonds is 5.